The third kappa shape index (κ3) is 4.00. The van der Waals surface area contributed by atoms with Crippen molar-refractivity contribution in [2.75, 3.05) is 6.61 Å². The van der Waals surface area contributed by atoms with E-state index in [1.165, 1.54) is 12.3 Å². The van der Waals surface area contributed by atoms with Gasteiger partial charge < -0.3 is 10.1 Å². The van der Waals surface area contributed by atoms with Gasteiger partial charge in [0, 0.05) is 5.38 Å². The number of esters is 1. The van der Waals surface area contributed by atoms with Gasteiger partial charge in [0.15, 0.2) is 6.61 Å². The fourth-order valence-electron chi connectivity index (χ4n) is 1.97. The summed E-state index contributed by atoms with van der Waals surface area (Å²) < 4.78 is 26.8. The summed E-state index contributed by atoms with van der Waals surface area (Å²) in [5.41, 5.74) is 0.826. The third-order valence-corrected chi connectivity index (χ3v) is 6.02. The number of hydrogen-bond acceptors (Lipinski definition) is 8. The number of carbonyl (C=O) groups excluding carboxylic acids is 4. The van der Waals surface area contributed by atoms with Crippen LogP contribution in [0.2, 0.25) is 0 Å². The number of thiophene rings is 1. The second-order valence-electron chi connectivity index (χ2n) is 5.57. The average molecular weight is 404 g/mol. The fourth-order valence-corrected chi connectivity index (χ4v) is 3.54. The van der Waals surface area contributed by atoms with Gasteiger partial charge in [0.1, 0.15) is 9.75 Å². The van der Waals surface area contributed by atoms with Crippen LogP contribution >= 0.6 is 11.3 Å². The maximum Gasteiger partial charge on any atom is 0.344 e. The first-order valence-corrected chi connectivity index (χ1v) is 9.65. The zero-order chi connectivity index (χ0) is 19.7. The molecular weight excluding hydrogens is 388 g/mol. The lowest BCUT2D eigenvalue weighted by Crippen LogP contribution is -2.49. The number of nitrogens with one attached hydrogen (secondary N) is 2. The Kier molecular flexibility index (Phi) is 5.34. The molecule has 0 bridgehead atoms. The Morgan fingerprint density at radius 3 is 2.58 bits per heavy atom. The summed E-state index contributed by atoms with van der Waals surface area (Å²) in [5, 5.41) is 9.10. The zero-order valence-electron chi connectivity index (χ0n) is 13.8. The summed E-state index contributed by atoms with van der Waals surface area (Å²) in [6, 6.07) is 0.222. The Bertz CT molecular complexity index is 879. The first kappa shape index (κ1) is 19.8. The van der Waals surface area contributed by atoms with Gasteiger partial charge in [0.25, 0.3) is 11.8 Å². The molecule has 11 nitrogen and oxygen atoms in total. The molecule has 4 N–H and O–H groups in total. The highest BCUT2D eigenvalue weighted by atomic mass is 32.2. The second kappa shape index (κ2) is 7.01. The monoisotopic (exact) mass is 404 g/mol. The molecule has 4 amide bonds. The van der Waals surface area contributed by atoms with E-state index in [9.17, 15) is 27.6 Å². The minimum absolute atomic E-state index is 0.0969. The van der Waals surface area contributed by atoms with E-state index in [1.807, 2.05) is 5.43 Å². The Morgan fingerprint density at radius 2 is 2.08 bits per heavy atom. The van der Waals surface area contributed by atoms with E-state index < -0.39 is 46.0 Å². The summed E-state index contributed by atoms with van der Waals surface area (Å²) in [5.74, 6) is -2.51. The first-order valence-electron chi connectivity index (χ1n) is 7.22. The summed E-state index contributed by atoms with van der Waals surface area (Å²) in [7, 11) is -3.95. The normalized spacial score (nSPS) is 20.0. The predicted octanol–water partition coefficient (Wildman–Crippen LogP) is -0.696. The van der Waals surface area contributed by atoms with Crippen LogP contribution < -0.4 is 15.9 Å². The predicted molar refractivity (Wildman–Crippen MR) is 88.2 cm³/mol. The van der Waals surface area contributed by atoms with E-state index >= 15 is 0 Å². The highest BCUT2D eigenvalue weighted by Gasteiger charge is 2.47. The molecule has 1 aliphatic rings. The number of primary sulfonamides is 1. The molecular formula is C13H16N4O7S2. The van der Waals surface area contributed by atoms with Crippen molar-refractivity contribution in [2.24, 2.45) is 5.14 Å². The van der Waals surface area contributed by atoms with Gasteiger partial charge in [-0.25, -0.2) is 23.1 Å². The van der Waals surface area contributed by atoms with Crippen LogP contribution in [0.3, 0.4) is 0 Å². The number of amides is 4. The van der Waals surface area contributed by atoms with Gasteiger partial charge in [0.05, 0.1) is 5.56 Å². The number of urea groups is 1. The van der Waals surface area contributed by atoms with Crippen molar-refractivity contribution in [1.29, 1.82) is 0 Å². The Labute approximate surface area is 152 Å². The van der Waals surface area contributed by atoms with Gasteiger partial charge in [0.2, 0.25) is 10.0 Å². The average Bonchev–Trinajstić information content (AvgIpc) is 3.13. The van der Waals surface area contributed by atoms with Crippen LogP contribution in [0.15, 0.2) is 15.7 Å². The van der Waals surface area contributed by atoms with Crippen molar-refractivity contribution in [3.05, 3.63) is 17.0 Å². The molecule has 13 heteroatoms. The number of hydrogen-bond donors (Lipinski definition) is 3. The molecule has 1 unspecified atom stereocenters. The number of sulfonamides is 1. The number of nitrogens with zero attached hydrogens (tertiary/aromatic N) is 1. The summed E-state index contributed by atoms with van der Waals surface area (Å²) in [6.45, 7) is 2.43. The quantitative estimate of drug-likeness (QED) is 0.417. The third-order valence-electron chi connectivity index (χ3n) is 3.63. The highest BCUT2D eigenvalue weighted by Crippen LogP contribution is 2.20. The maximum atomic E-state index is 12.1. The molecule has 1 aliphatic heterocycles. The number of carbonyl (C=O) groups is 4. The summed E-state index contributed by atoms with van der Waals surface area (Å²) in [4.78, 5) is 47.5. The van der Waals surface area contributed by atoms with E-state index in [-0.39, 0.29) is 9.77 Å². The number of ether oxygens (including phenoxy) is 1. The van der Waals surface area contributed by atoms with E-state index in [2.05, 4.69) is 5.32 Å². The van der Waals surface area contributed by atoms with Gasteiger partial charge in [-0.3, -0.25) is 15.0 Å². The first-order chi connectivity index (χ1) is 12.0. The van der Waals surface area contributed by atoms with Crippen molar-refractivity contribution < 1.29 is 32.3 Å². The van der Waals surface area contributed by atoms with Crippen molar-refractivity contribution in [3.8, 4) is 0 Å². The molecule has 0 radical (unpaired) electrons. The standard InChI is InChI=1S/C13H16N4O7S2/c1-3-13(2)11(20)17(12(21)15-13)16-8(18)5-24-10(19)7-4-9(25-6-7)26(14,22)23/h4,6H,3,5H2,1-2H3,(H,15,21)(H,16,18)(H2,14,22,23). The number of rotatable bonds is 6. The molecule has 1 fully saturated rings. The molecule has 26 heavy (non-hydrogen) atoms. The molecule has 142 valence electrons. The number of nitrogens with two attached hydrogens (primary N) is 1. The Morgan fingerprint density at radius 1 is 1.42 bits per heavy atom. The van der Waals surface area contributed by atoms with Crippen molar-refractivity contribution in [1.82, 2.24) is 15.8 Å². The van der Waals surface area contributed by atoms with Crippen molar-refractivity contribution in [3.63, 3.8) is 0 Å². The minimum atomic E-state index is -3.95. The SMILES string of the molecule is CCC1(C)NC(=O)N(NC(=O)COC(=O)c2csc(S(N)(=O)=O)c2)C1=O. The number of hydrazine groups is 1. The maximum absolute atomic E-state index is 12.1. The molecule has 0 saturated carbocycles. The molecule has 1 aromatic heterocycles. The van der Waals surface area contributed by atoms with Gasteiger partial charge in [-0.05, 0) is 19.4 Å². The van der Waals surface area contributed by atoms with Crippen LogP contribution in [0.4, 0.5) is 4.79 Å². The summed E-state index contributed by atoms with van der Waals surface area (Å²) in [6.07, 6.45) is 0.323. The van der Waals surface area contributed by atoms with Crippen LogP contribution in [-0.4, -0.2) is 49.4 Å². The van der Waals surface area contributed by atoms with Crippen molar-refractivity contribution in [2.45, 2.75) is 30.0 Å². The van der Waals surface area contributed by atoms with Crippen LogP contribution in [0.1, 0.15) is 30.6 Å². The number of imide groups is 1. The van der Waals surface area contributed by atoms with Gasteiger partial charge in [-0.15, -0.1) is 11.3 Å². The van der Waals surface area contributed by atoms with Crippen LogP contribution in [0.5, 0.6) is 0 Å². The summed E-state index contributed by atoms with van der Waals surface area (Å²) >= 11 is 0.728. The van der Waals surface area contributed by atoms with Gasteiger partial charge >= 0.3 is 12.0 Å². The van der Waals surface area contributed by atoms with Crippen LogP contribution in [0.25, 0.3) is 0 Å². The van der Waals surface area contributed by atoms with Crippen LogP contribution in [-0.2, 0) is 24.3 Å². The van der Waals surface area contributed by atoms with Gasteiger partial charge in [-0.1, -0.05) is 6.92 Å². The molecule has 1 saturated heterocycles. The lowest BCUT2D eigenvalue weighted by Gasteiger charge is -2.19. The van der Waals surface area contributed by atoms with E-state index in [1.54, 1.807) is 6.92 Å². The molecule has 2 rings (SSSR count). The Balaban J connectivity index is 1.93. The highest BCUT2D eigenvalue weighted by molar-refractivity contribution is 7.91. The fraction of sp³-hybridized carbons (Fsp3) is 0.385. The topological polar surface area (TPSA) is 165 Å². The smallest absolute Gasteiger partial charge is 0.344 e. The molecule has 0 aliphatic carbocycles. The molecule has 0 spiro atoms. The second-order valence-corrected chi connectivity index (χ2v) is 8.27. The Hall–Kier alpha value is -2.51. The largest absolute Gasteiger partial charge is 0.452 e. The van der Waals surface area contributed by atoms with Gasteiger partial charge in [-0.2, -0.15) is 5.01 Å². The molecule has 1 atom stereocenters. The van der Waals surface area contributed by atoms with E-state index in [0.29, 0.717) is 11.4 Å². The molecule has 0 aromatic carbocycles. The lowest BCUT2D eigenvalue weighted by atomic mass is 10.00. The lowest BCUT2D eigenvalue weighted by molar-refractivity contribution is -0.139. The molecule has 1 aromatic rings. The minimum Gasteiger partial charge on any atom is -0.452 e. The van der Waals surface area contributed by atoms with E-state index in [0.717, 1.165) is 17.4 Å². The van der Waals surface area contributed by atoms with E-state index in [4.69, 9.17) is 9.88 Å². The van der Waals surface area contributed by atoms with Crippen LogP contribution in [0, 0.1) is 0 Å². The molecule has 2 heterocycles. The zero-order valence-corrected chi connectivity index (χ0v) is 15.4. The van der Waals surface area contributed by atoms with Crippen molar-refractivity contribution >= 4 is 45.2 Å².